The lowest BCUT2D eigenvalue weighted by molar-refractivity contribution is -0.183. The van der Waals surface area contributed by atoms with E-state index in [1.807, 2.05) is 0 Å². The summed E-state index contributed by atoms with van der Waals surface area (Å²) >= 11 is 0. The Balaban J connectivity index is 1.61. The largest absolute Gasteiger partial charge is 0.478 e. The fourth-order valence-corrected chi connectivity index (χ4v) is 6.42. The van der Waals surface area contributed by atoms with Crippen LogP contribution in [-0.2, 0) is 0 Å². The van der Waals surface area contributed by atoms with E-state index in [9.17, 15) is 50.6 Å². The number of hydrogen-bond acceptors (Lipinski definition) is 5. The Kier molecular flexibility index (Phi) is 8.10. The van der Waals surface area contributed by atoms with Crippen molar-refractivity contribution in [2.24, 2.45) is 22.6 Å². The number of nitrogens with one attached hydrogen (secondary N) is 2. The molecule has 1 amide bonds. The van der Waals surface area contributed by atoms with Crippen molar-refractivity contribution >= 4 is 39.3 Å². The van der Waals surface area contributed by atoms with Crippen molar-refractivity contribution in [2.75, 3.05) is 0 Å². The third-order valence-corrected chi connectivity index (χ3v) is 8.74. The fourth-order valence-electron chi connectivity index (χ4n) is 6.42. The maximum atomic E-state index is 13.6. The SMILES string of the molecule is NC(=NC1CCC(C(F)(F)F)CC1)c1c(C(=O)O)cc(C(=O)NC2CCC(C(F)(F)F)CC2)c2c3ccc(c(=O)[nH]c3=O)c12. The molecule has 0 atom stereocenters. The first kappa shape index (κ1) is 31.3. The van der Waals surface area contributed by atoms with Crippen molar-refractivity contribution in [2.45, 2.75) is 75.8 Å². The van der Waals surface area contributed by atoms with Gasteiger partial charge in [0.2, 0.25) is 0 Å². The lowest BCUT2D eigenvalue weighted by Crippen LogP contribution is -2.40. The molecule has 2 aromatic carbocycles. The highest BCUT2D eigenvalue weighted by molar-refractivity contribution is 6.27. The minimum Gasteiger partial charge on any atom is -0.478 e. The van der Waals surface area contributed by atoms with E-state index in [0.29, 0.717) is 0 Å². The van der Waals surface area contributed by atoms with E-state index in [1.54, 1.807) is 0 Å². The highest BCUT2D eigenvalue weighted by Gasteiger charge is 2.42. The summed E-state index contributed by atoms with van der Waals surface area (Å²) in [5.41, 5.74) is 3.40. The molecule has 2 aliphatic rings. The highest BCUT2D eigenvalue weighted by Crippen LogP contribution is 2.40. The molecule has 0 saturated heterocycles. The minimum atomic E-state index is -4.36. The summed E-state index contributed by atoms with van der Waals surface area (Å²) in [5.74, 6) is -5.81. The van der Waals surface area contributed by atoms with Gasteiger partial charge in [-0.1, -0.05) is 0 Å². The topological polar surface area (TPSA) is 155 Å². The van der Waals surface area contributed by atoms with Gasteiger partial charge in [0.05, 0.1) is 23.4 Å². The van der Waals surface area contributed by atoms with Crippen LogP contribution in [-0.4, -0.2) is 52.2 Å². The van der Waals surface area contributed by atoms with Crippen molar-refractivity contribution in [3.63, 3.8) is 0 Å². The number of halogens is 6. The number of H-pyrrole nitrogens is 1. The molecule has 0 radical (unpaired) electrons. The molecule has 0 spiro atoms. The second-order valence-electron chi connectivity index (χ2n) is 11.5. The average Bonchev–Trinajstić information content (AvgIpc) is 3.15. The lowest BCUT2D eigenvalue weighted by Gasteiger charge is -2.30. The third-order valence-electron chi connectivity index (χ3n) is 8.74. The number of amidine groups is 1. The number of carbonyl (C=O) groups is 2. The molecule has 44 heavy (non-hydrogen) atoms. The number of carboxylic acid groups (broad SMARTS) is 1. The Morgan fingerprint density at radius 3 is 1.82 bits per heavy atom. The van der Waals surface area contributed by atoms with Gasteiger partial charge in [-0.25, -0.2) is 4.79 Å². The summed E-state index contributed by atoms with van der Waals surface area (Å²) in [4.78, 5) is 58.5. The van der Waals surface area contributed by atoms with Crippen LogP contribution in [0.15, 0.2) is 32.8 Å². The number of aromatic nitrogens is 1. The van der Waals surface area contributed by atoms with E-state index in [-0.39, 0.29) is 89.9 Å². The summed E-state index contributed by atoms with van der Waals surface area (Å²) in [6.45, 7) is 0. The quantitative estimate of drug-likeness (QED) is 0.180. The summed E-state index contributed by atoms with van der Waals surface area (Å²) in [7, 11) is 0. The second-order valence-corrected chi connectivity index (χ2v) is 11.5. The third kappa shape index (κ3) is 5.95. The summed E-state index contributed by atoms with van der Waals surface area (Å²) in [6.07, 6.45) is -9.45. The van der Waals surface area contributed by atoms with Gasteiger partial charge in [0.25, 0.3) is 17.0 Å². The summed E-state index contributed by atoms with van der Waals surface area (Å²) in [5, 5.41) is 12.2. The standard InChI is InChI=1S/C29H28F6N4O5/c30-28(31,32)12-1-5-14(6-2-12)37-23(36)22-19(27(43)44)11-18(20-16-9-10-17(21(20)22)25(41)39-24(16)40)26(42)38-15-7-3-13(4-8-15)29(33,34)35/h9-15H,1-8H2,(H2,36,37)(H,38,42)(H,43,44)(H,39,40,41). The van der Waals surface area contributed by atoms with Crippen LogP contribution in [0.3, 0.4) is 0 Å². The monoisotopic (exact) mass is 626 g/mol. The number of carboxylic acids is 1. The summed E-state index contributed by atoms with van der Waals surface area (Å²) < 4.78 is 78.8. The van der Waals surface area contributed by atoms with Crippen molar-refractivity contribution in [1.82, 2.24) is 10.3 Å². The first-order valence-electron chi connectivity index (χ1n) is 14.1. The molecule has 2 fully saturated rings. The van der Waals surface area contributed by atoms with Crippen molar-refractivity contribution in [3.05, 3.63) is 55.6 Å². The van der Waals surface area contributed by atoms with E-state index in [2.05, 4.69) is 15.3 Å². The highest BCUT2D eigenvalue weighted by atomic mass is 19.4. The van der Waals surface area contributed by atoms with Gasteiger partial charge in [-0.05, 0) is 69.6 Å². The number of hydrogen-bond donors (Lipinski definition) is 4. The van der Waals surface area contributed by atoms with Gasteiger partial charge < -0.3 is 16.2 Å². The van der Waals surface area contributed by atoms with Gasteiger partial charge in [-0.2, -0.15) is 26.3 Å². The van der Waals surface area contributed by atoms with E-state index in [0.717, 1.165) is 6.07 Å². The van der Waals surface area contributed by atoms with E-state index < -0.39 is 64.8 Å². The van der Waals surface area contributed by atoms with E-state index in [1.165, 1.54) is 12.1 Å². The number of aromatic amines is 1. The van der Waals surface area contributed by atoms with Crippen molar-refractivity contribution < 1.29 is 41.0 Å². The van der Waals surface area contributed by atoms with Gasteiger partial charge in [0.1, 0.15) is 5.84 Å². The lowest BCUT2D eigenvalue weighted by atomic mass is 9.85. The number of alkyl halides is 6. The van der Waals surface area contributed by atoms with Gasteiger partial charge in [0.15, 0.2) is 0 Å². The zero-order chi connectivity index (χ0) is 32.1. The number of amides is 1. The van der Waals surface area contributed by atoms with E-state index in [4.69, 9.17) is 5.73 Å². The molecular formula is C29H28F6N4O5. The number of rotatable bonds is 5. The molecule has 2 aliphatic carbocycles. The minimum absolute atomic E-state index is 0.0188. The molecule has 9 nitrogen and oxygen atoms in total. The zero-order valence-corrected chi connectivity index (χ0v) is 23.1. The predicted molar refractivity (Wildman–Crippen MR) is 148 cm³/mol. The molecule has 0 unspecified atom stereocenters. The molecule has 15 heteroatoms. The summed E-state index contributed by atoms with van der Waals surface area (Å²) in [6, 6.07) is 2.17. The maximum Gasteiger partial charge on any atom is 0.391 e. The van der Waals surface area contributed by atoms with Crippen LogP contribution in [0.25, 0.3) is 21.5 Å². The number of carbonyl (C=O) groups excluding carboxylic acids is 1. The molecule has 2 bridgehead atoms. The Bertz CT molecular complexity index is 1750. The van der Waals surface area contributed by atoms with Crippen LogP contribution < -0.4 is 22.2 Å². The van der Waals surface area contributed by atoms with Crippen LogP contribution in [0.5, 0.6) is 0 Å². The fraction of sp³-hybridized carbons (Fsp3) is 0.483. The Morgan fingerprint density at radius 2 is 1.32 bits per heavy atom. The molecule has 0 aliphatic heterocycles. The maximum absolute atomic E-state index is 13.6. The zero-order valence-electron chi connectivity index (χ0n) is 23.1. The Hall–Kier alpha value is -4.17. The number of aromatic carboxylic acids is 1. The molecule has 2 aromatic heterocycles. The van der Waals surface area contributed by atoms with Crippen LogP contribution in [0.1, 0.15) is 77.6 Å². The van der Waals surface area contributed by atoms with Crippen molar-refractivity contribution in [1.29, 1.82) is 0 Å². The molecular weight excluding hydrogens is 598 g/mol. The number of nitrogens with zero attached hydrogens (tertiary/aromatic N) is 1. The van der Waals surface area contributed by atoms with Gasteiger partial charge >= 0.3 is 18.3 Å². The van der Waals surface area contributed by atoms with Gasteiger partial charge in [0, 0.05) is 38.7 Å². The Morgan fingerprint density at radius 1 is 0.818 bits per heavy atom. The molecule has 6 rings (SSSR count). The Labute approximate surface area is 244 Å². The first-order chi connectivity index (χ1) is 20.6. The van der Waals surface area contributed by atoms with Crippen LogP contribution in [0.4, 0.5) is 26.3 Å². The number of aliphatic imine (C=N–C) groups is 1. The average molecular weight is 627 g/mol. The van der Waals surface area contributed by atoms with E-state index >= 15 is 0 Å². The van der Waals surface area contributed by atoms with Gasteiger partial charge in [-0.15, -0.1) is 0 Å². The molecule has 5 N–H and O–H groups in total. The molecule has 236 valence electrons. The normalized spacial score (nSPS) is 23.6. The number of fused-ring (bicyclic) bond motifs is 3. The van der Waals surface area contributed by atoms with Gasteiger partial charge in [-0.3, -0.25) is 24.4 Å². The number of nitrogens with two attached hydrogens (primary N) is 1. The van der Waals surface area contributed by atoms with Crippen LogP contribution in [0.2, 0.25) is 0 Å². The predicted octanol–water partition coefficient (Wildman–Crippen LogP) is 4.85. The number of benzene rings is 2. The van der Waals surface area contributed by atoms with Crippen molar-refractivity contribution in [3.8, 4) is 0 Å². The smallest absolute Gasteiger partial charge is 0.391 e. The molecule has 2 heterocycles. The van der Waals surface area contributed by atoms with Crippen LogP contribution >= 0.6 is 0 Å². The molecule has 2 saturated carbocycles. The second kappa shape index (κ2) is 11.4. The molecule has 4 aromatic rings. The van der Waals surface area contributed by atoms with Crippen LogP contribution in [0, 0.1) is 11.8 Å². The first-order valence-corrected chi connectivity index (χ1v) is 14.1.